The van der Waals surface area contributed by atoms with Gasteiger partial charge in [0.1, 0.15) is 0 Å². The second kappa shape index (κ2) is 8.45. The Kier molecular flexibility index (Phi) is 6.39. The fourth-order valence-electron chi connectivity index (χ4n) is 3.50. The average molecular weight is 424 g/mol. The SMILES string of the molecule is CC(C)CCn1c(S[C@H](C)C(=O)N(C)[C@@H]2CCS(=O)(=O)C2)nc2ccccc21. The summed E-state index contributed by atoms with van der Waals surface area (Å²) >= 11 is 1.45. The summed E-state index contributed by atoms with van der Waals surface area (Å²) in [4.78, 5) is 19.3. The summed E-state index contributed by atoms with van der Waals surface area (Å²) < 4.78 is 25.7. The third kappa shape index (κ3) is 4.71. The first-order chi connectivity index (χ1) is 13.2. The number of hydrogen-bond acceptors (Lipinski definition) is 5. The number of carbonyl (C=O) groups excluding carboxylic acids is 1. The lowest BCUT2D eigenvalue weighted by Crippen LogP contribution is -2.41. The number of fused-ring (bicyclic) bond motifs is 1. The quantitative estimate of drug-likeness (QED) is 0.640. The lowest BCUT2D eigenvalue weighted by atomic mass is 10.1. The Morgan fingerprint density at radius 1 is 1.32 bits per heavy atom. The first-order valence-electron chi connectivity index (χ1n) is 9.77. The largest absolute Gasteiger partial charge is 0.341 e. The summed E-state index contributed by atoms with van der Waals surface area (Å²) in [7, 11) is -1.30. The molecule has 8 heteroatoms. The van der Waals surface area contributed by atoms with E-state index in [1.807, 2.05) is 25.1 Å². The van der Waals surface area contributed by atoms with Gasteiger partial charge in [-0.1, -0.05) is 37.7 Å². The van der Waals surface area contributed by atoms with Gasteiger partial charge in [-0.3, -0.25) is 4.79 Å². The van der Waals surface area contributed by atoms with Crippen molar-refractivity contribution in [2.45, 2.75) is 56.6 Å². The smallest absolute Gasteiger partial charge is 0.235 e. The molecule has 0 unspecified atom stereocenters. The zero-order chi connectivity index (χ0) is 20.5. The van der Waals surface area contributed by atoms with Gasteiger partial charge in [0, 0.05) is 19.6 Å². The molecule has 0 spiro atoms. The van der Waals surface area contributed by atoms with Gasteiger partial charge in [-0.2, -0.15) is 0 Å². The van der Waals surface area contributed by atoms with Crippen LogP contribution in [0, 0.1) is 5.92 Å². The monoisotopic (exact) mass is 423 g/mol. The fraction of sp³-hybridized carbons (Fsp3) is 0.600. The predicted molar refractivity (Wildman–Crippen MR) is 114 cm³/mol. The second-order valence-corrected chi connectivity index (χ2v) is 11.5. The molecular formula is C20H29N3O3S2. The molecular weight excluding hydrogens is 394 g/mol. The van der Waals surface area contributed by atoms with Crippen molar-refractivity contribution >= 4 is 38.5 Å². The van der Waals surface area contributed by atoms with Gasteiger partial charge in [0.25, 0.3) is 0 Å². The van der Waals surface area contributed by atoms with E-state index in [2.05, 4.69) is 24.5 Å². The number of rotatable bonds is 7. The van der Waals surface area contributed by atoms with Crippen LogP contribution < -0.4 is 0 Å². The topological polar surface area (TPSA) is 72.3 Å². The summed E-state index contributed by atoms with van der Waals surface area (Å²) in [6.45, 7) is 7.13. The van der Waals surface area contributed by atoms with E-state index in [1.165, 1.54) is 11.8 Å². The van der Waals surface area contributed by atoms with Gasteiger partial charge in [-0.15, -0.1) is 0 Å². The van der Waals surface area contributed by atoms with E-state index in [0.717, 1.165) is 29.2 Å². The van der Waals surface area contributed by atoms with Crippen LogP contribution in [0.2, 0.25) is 0 Å². The van der Waals surface area contributed by atoms with Crippen LogP contribution in [-0.2, 0) is 21.2 Å². The van der Waals surface area contributed by atoms with Gasteiger partial charge in [0.2, 0.25) is 5.91 Å². The zero-order valence-corrected chi connectivity index (χ0v) is 18.6. The predicted octanol–water partition coefficient (Wildman–Crippen LogP) is 3.21. The van der Waals surface area contributed by atoms with Crippen molar-refractivity contribution in [3.63, 3.8) is 0 Å². The molecule has 6 nitrogen and oxygen atoms in total. The molecule has 1 amide bonds. The van der Waals surface area contributed by atoms with Crippen molar-refractivity contribution < 1.29 is 13.2 Å². The Balaban J connectivity index is 1.77. The van der Waals surface area contributed by atoms with Crippen LogP contribution in [0.4, 0.5) is 0 Å². The summed E-state index contributed by atoms with van der Waals surface area (Å²) in [6, 6.07) is 7.81. The van der Waals surface area contributed by atoms with Crippen molar-refractivity contribution in [1.29, 1.82) is 0 Å². The van der Waals surface area contributed by atoms with Gasteiger partial charge < -0.3 is 9.47 Å². The van der Waals surface area contributed by atoms with Gasteiger partial charge in [-0.05, 0) is 37.8 Å². The summed E-state index contributed by atoms with van der Waals surface area (Å²) in [6.07, 6.45) is 1.56. The molecule has 0 bridgehead atoms. The van der Waals surface area contributed by atoms with E-state index in [-0.39, 0.29) is 28.7 Å². The highest BCUT2D eigenvalue weighted by Crippen LogP contribution is 2.29. The molecule has 1 aliphatic rings. The molecule has 0 N–H and O–H groups in total. The minimum absolute atomic E-state index is 0.0467. The molecule has 1 aromatic heterocycles. The number of carbonyl (C=O) groups is 1. The summed E-state index contributed by atoms with van der Waals surface area (Å²) in [5.74, 6) is 0.768. The Hall–Kier alpha value is -1.54. The van der Waals surface area contributed by atoms with E-state index in [4.69, 9.17) is 4.98 Å². The summed E-state index contributed by atoms with van der Waals surface area (Å²) in [5, 5.41) is 0.512. The first-order valence-corrected chi connectivity index (χ1v) is 12.5. The molecule has 28 heavy (non-hydrogen) atoms. The van der Waals surface area contributed by atoms with Crippen molar-refractivity contribution in [2.75, 3.05) is 18.6 Å². The number of hydrogen-bond donors (Lipinski definition) is 0. The molecule has 2 heterocycles. The number of amides is 1. The van der Waals surface area contributed by atoms with Crippen molar-refractivity contribution in [1.82, 2.24) is 14.5 Å². The van der Waals surface area contributed by atoms with E-state index in [1.54, 1.807) is 11.9 Å². The number of sulfone groups is 1. The minimum atomic E-state index is -3.02. The molecule has 1 aromatic carbocycles. The standard InChI is InChI=1S/C20H29N3O3S2/c1-14(2)9-11-23-18-8-6-5-7-17(18)21-20(23)27-15(3)19(24)22(4)16-10-12-28(25,26)13-16/h5-8,14-16H,9-13H2,1-4H3/t15-,16-/m1/s1. The molecule has 1 fully saturated rings. The maximum atomic E-state index is 12.9. The van der Waals surface area contributed by atoms with Crippen molar-refractivity contribution in [3.05, 3.63) is 24.3 Å². The molecule has 0 radical (unpaired) electrons. The number of aromatic nitrogens is 2. The second-order valence-electron chi connectivity index (χ2n) is 7.98. The highest BCUT2D eigenvalue weighted by molar-refractivity contribution is 8.00. The molecule has 3 rings (SSSR count). The minimum Gasteiger partial charge on any atom is -0.341 e. The number of benzene rings is 1. The molecule has 154 valence electrons. The molecule has 2 atom stereocenters. The average Bonchev–Trinajstić information content (AvgIpc) is 3.17. The van der Waals surface area contributed by atoms with E-state index < -0.39 is 9.84 Å². The zero-order valence-electron chi connectivity index (χ0n) is 17.0. The Bertz CT molecular complexity index is 953. The third-order valence-electron chi connectivity index (χ3n) is 5.28. The van der Waals surface area contributed by atoms with Crippen molar-refractivity contribution in [2.24, 2.45) is 5.92 Å². The maximum Gasteiger partial charge on any atom is 0.235 e. The van der Waals surface area contributed by atoms with E-state index in [0.29, 0.717) is 12.3 Å². The van der Waals surface area contributed by atoms with Crippen LogP contribution in [0.5, 0.6) is 0 Å². The van der Waals surface area contributed by atoms with Gasteiger partial charge in [0.05, 0.1) is 27.8 Å². The maximum absolute atomic E-state index is 12.9. The Morgan fingerprint density at radius 2 is 2.04 bits per heavy atom. The van der Waals surface area contributed by atoms with Gasteiger partial charge >= 0.3 is 0 Å². The van der Waals surface area contributed by atoms with Crippen LogP contribution in [0.15, 0.2) is 29.4 Å². The fourth-order valence-corrected chi connectivity index (χ4v) is 6.33. The highest BCUT2D eigenvalue weighted by atomic mass is 32.2. The first kappa shape index (κ1) is 21.2. The van der Waals surface area contributed by atoms with Gasteiger partial charge in [-0.25, -0.2) is 13.4 Å². The van der Waals surface area contributed by atoms with E-state index in [9.17, 15) is 13.2 Å². The van der Waals surface area contributed by atoms with Gasteiger partial charge in [0.15, 0.2) is 15.0 Å². The van der Waals surface area contributed by atoms with Crippen LogP contribution in [-0.4, -0.2) is 58.6 Å². The Labute approximate surface area is 171 Å². The molecule has 1 aliphatic heterocycles. The number of imidazole rings is 1. The Morgan fingerprint density at radius 3 is 2.68 bits per heavy atom. The molecule has 2 aromatic rings. The number of aryl methyl sites for hydroxylation is 1. The van der Waals surface area contributed by atoms with E-state index >= 15 is 0 Å². The molecule has 1 saturated heterocycles. The molecule has 0 aliphatic carbocycles. The lowest BCUT2D eigenvalue weighted by Gasteiger charge is -2.26. The lowest BCUT2D eigenvalue weighted by molar-refractivity contribution is -0.130. The number of para-hydroxylation sites is 2. The van der Waals surface area contributed by atoms with Crippen molar-refractivity contribution in [3.8, 4) is 0 Å². The third-order valence-corrected chi connectivity index (χ3v) is 8.11. The highest BCUT2D eigenvalue weighted by Gasteiger charge is 2.34. The molecule has 0 saturated carbocycles. The number of nitrogens with zero attached hydrogens (tertiary/aromatic N) is 3. The van der Waals surface area contributed by atoms with Crippen LogP contribution in [0.1, 0.15) is 33.6 Å². The van der Waals surface area contributed by atoms with Crippen LogP contribution in [0.25, 0.3) is 11.0 Å². The normalized spacial score (nSPS) is 20.0. The van der Waals surface area contributed by atoms with Crippen LogP contribution >= 0.6 is 11.8 Å². The number of thioether (sulfide) groups is 1. The summed E-state index contributed by atoms with van der Waals surface area (Å²) in [5.41, 5.74) is 2.02. The van der Waals surface area contributed by atoms with Crippen LogP contribution in [0.3, 0.4) is 0 Å².